The number of carbonyl (C=O) groups is 1. The van der Waals surface area contributed by atoms with Gasteiger partial charge in [-0.05, 0) is 36.5 Å². The summed E-state index contributed by atoms with van der Waals surface area (Å²) >= 11 is 0. The summed E-state index contributed by atoms with van der Waals surface area (Å²) in [5.74, 6) is 0. The molecule has 0 radical (unpaired) electrons. The van der Waals surface area contributed by atoms with Crippen molar-refractivity contribution in [2.45, 2.75) is 40.2 Å². The van der Waals surface area contributed by atoms with E-state index in [0.29, 0.717) is 6.54 Å². The average molecular weight is 263 g/mol. The normalized spacial score (nSPS) is 12.9. The molecule has 0 spiro atoms. The van der Waals surface area contributed by atoms with Crippen molar-refractivity contribution in [3.8, 4) is 0 Å². The van der Waals surface area contributed by atoms with Crippen molar-refractivity contribution >= 4 is 11.7 Å². The topological polar surface area (TPSA) is 67.1 Å². The van der Waals surface area contributed by atoms with E-state index < -0.39 is 0 Å². The molecule has 0 heterocycles. The lowest BCUT2D eigenvalue weighted by molar-refractivity contribution is 0.250. The predicted octanol–water partition coefficient (Wildman–Crippen LogP) is 3.26. The maximum atomic E-state index is 11.7. The van der Waals surface area contributed by atoms with Gasteiger partial charge < -0.3 is 16.4 Å². The van der Waals surface area contributed by atoms with Gasteiger partial charge in [-0.3, -0.25) is 0 Å². The van der Waals surface area contributed by atoms with Gasteiger partial charge in [-0.2, -0.15) is 0 Å². The van der Waals surface area contributed by atoms with E-state index in [1.807, 2.05) is 31.2 Å². The van der Waals surface area contributed by atoms with Crippen LogP contribution in [0.3, 0.4) is 0 Å². The molecule has 19 heavy (non-hydrogen) atoms. The first-order valence-electron chi connectivity index (χ1n) is 6.68. The second-order valence-electron chi connectivity index (χ2n) is 6.11. The van der Waals surface area contributed by atoms with E-state index in [9.17, 15) is 4.79 Å². The van der Waals surface area contributed by atoms with Crippen molar-refractivity contribution in [2.24, 2.45) is 11.1 Å². The molecular weight excluding hydrogens is 238 g/mol. The van der Waals surface area contributed by atoms with Gasteiger partial charge in [0, 0.05) is 18.3 Å². The zero-order valence-corrected chi connectivity index (χ0v) is 12.3. The van der Waals surface area contributed by atoms with Gasteiger partial charge in [-0.15, -0.1) is 0 Å². The molecule has 106 valence electrons. The molecule has 4 N–H and O–H groups in total. The van der Waals surface area contributed by atoms with Crippen molar-refractivity contribution in [3.63, 3.8) is 0 Å². The van der Waals surface area contributed by atoms with Gasteiger partial charge in [0.05, 0.1) is 0 Å². The predicted molar refractivity (Wildman–Crippen MR) is 80.1 cm³/mol. The van der Waals surface area contributed by atoms with E-state index in [-0.39, 0.29) is 17.5 Å². The van der Waals surface area contributed by atoms with Crippen LogP contribution in [0, 0.1) is 5.41 Å². The highest BCUT2D eigenvalue weighted by Gasteiger charge is 2.10. The van der Waals surface area contributed by atoms with Gasteiger partial charge in [0.25, 0.3) is 0 Å². The molecule has 0 aliphatic heterocycles. The molecule has 4 heteroatoms. The van der Waals surface area contributed by atoms with Crippen LogP contribution in [0.2, 0.25) is 0 Å². The summed E-state index contributed by atoms with van der Waals surface area (Å²) in [4.78, 5) is 11.7. The van der Waals surface area contributed by atoms with Gasteiger partial charge in [-0.25, -0.2) is 4.79 Å². The maximum Gasteiger partial charge on any atom is 0.319 e. The molecule has 2 amide bonds. The zero-order valence-electron chi connectivity index (χ0n) is 12.3. The molecule has 0 fully saturated rings. The average Bonchev–Trinajstić information content (AvgIpc) is 2.27. The first-order chi connectivity index (χ1) is 8.78. The molecule has 0 bridgehead atoms. The van der Waals surface area contributed by atoms with Gasteiger partial charge >= 0.3 is 6.03 Å². The Labute approximate surface area is 115 Å². The van der Waals surface area contributed by atoms with E-state index in [2.05, 4.69) is 31.4 Å². The fourth-order valence-corrected chi connectivity index (χ4v) is 1.63. The number of amides is 2. The number of urea groups is 1. The molecule has 1 rings (SSSR count). The third-order valence-corrected chi connectivity index (χ3v) is 2.83. The molecule has 0 saturated carbocycles. The first kappa shape index (κ1) is 15.5. The molecule has 1 unspecified atom stereocenters. The van der Waals surface area contributed by atoms with E-state index in [0.717, 1.165) is 17.7 Å². The Bertz CT molecular complexity index is 422. The van der Waals surface area contributed by atoms with Gasteiger partial charge in [-0.1, -0.05) is 32.9 Å². The minimum absolute atomic E-state index is 0.0364. The summed E-state index contributed by atoms with van der Waals surface area (Å²) in [6, 6.07) is 7.39. The van der Waals surface area contributed by atoms with Crippen LogP contribution in [0.15, 0.2) is 24.3 Å². The molecule has 1 aromatic carbocycles. The van der Waals surface area contributed by atoms with E-state index in [1.54, 1.807) is 0 Å². The Balaban J connectivity index is 2.46. The maximum absolute atomic E-state index is 11.7. The fourth-order valence-electron chi connectivity index (χ4n) is 1.63. The minimum atomic E-state index is -0.175. The quantitative estimate of drug-likeness (QED) is 0.780. The zero-order chi connectivity index (χ0) is 14.5. The number of rotatable bonds is 4. The number of hydrogen-bond acceptors (Lipinski definition) is 2. The molecule has 0 aliphatic rings. The monoisotopic (exact) mass is 263 g/mol. The molecule has 0 aliphatic carbocycles. The van der Waals surface area contributed by atoms with E-state index in [4.69, 9.17) is 5.73 Å². The smallest absolute Gasteiger partial charge is 0.319 e. The standard InChI is InChI=1S/C15H25N3O/c1-11(16)12-6-5-7-13(10-12)18-14(19)17-9-8-15(2,3)4/h5-7,10-11H,8-9,16H2,1-4H3,(H2,17,18,19). The van der Waals surface area contributed by atoms with E-state index >= 15 is 0 Å². The van der Waals surface area contributed by atoms with Crippen molar-refractivity contribution < 1.29 is 4.79 Å². The second kappa shape index (κ2) is 6.57. The van der Waals surface area contributed by atoms with Crippen molar-refractivity contribution in [3.05, 3.63) is 29.8 Å². The number of nitrogens with two attached hydrogens (primary N) is 1. The molecule has 1 aromatic rings. The number of anilines is 1. The van der Waals surface area contributed by atoms with E-state index in [1.165, 1.54) is 0 Å². The van der Waals surface area contributed by atoms with Crippen LogP contribution in [0.5, 0.6) is 0 Å². The number of hydrogen-bond donors (Lipinski definition) is 3. The summed E-state index contributed by atoms with van der Waals surface area (Å²) in [5.41, 5.74) is 7.81. The SMILES string of the molecule is CC(N)c1cccc(NC(=O)NCCC(C)(C)C)c1. The van der Waals surface area contributed by atoms with Crippen molar-refractivity contribution in [1.29, 1.82) is 0 Å². The summed E-state index contributed by atoms with van der Waals surface area (Å²) in [7, 11) is 0. The van der Waals surface area contributed by atoms with Crippen molar-refractivity contribution in [2.75, 3.05) is 11.9 Å². The Morgan fingerprint density at radius 3 is 2.63 bits per heavy atom. The summed E-state index contributed by atoms with van der Waals surface area (Å²) in [6.07, 6.45) is 0.945. The van der Waals surface area contributed by atoms with Gasteiger partial charge in [0.2, 0.25) is 0 Å². The first-order valence-corrected chi connectivity index (χ1v) is 6.68. The highest BCUT2D eigenvalue weighted by Crippen LogP contribution is 2.17. The van der Waals surface area contributed by atoms with Crippen LogP contribution < -0.4 is 16.4 Å². The second-order valence-corrected chi connectivity index (χ2v) is 6.11. The summed E-state index contributed by atoms with van der Waals surface area (Å²) < 4.78 is 0. The molecule has 1 atom stereocenters. The van der Waals surface area contributed by atoms with Crippen LogP contribution in [0.1, 0.15) is 45.7 Å². The lowest BCUT2D eigenvalue weighted by Crippen LogP contribution is -2.31. The van der Waals surface area contributed by atoms with Crippen LogP contribution in [0.25, 0.3) is 0 Å². The Morgan fingerprint density at radius 1 is 1.37 bits per heavy atom. The third-order valence-electron chi connectivity index (χ3n) is 2.83. The lowest BCUT2D eigenvalue weighted by atomic mass is 9.92. The van der Waals surface area contributed by atoms with Gasteiger partial charge in [0.15, 0.2) is 0 Å². The Morgan fingerprint density at radius 2 is 2.05 bits per heavy atom. The van der Waals surface area contributed by atoms with Crippen LogP contribution in [-0.4, -0.2) is 12.6 Å². The summed E-state index contributed by atoms with van der Waals surface area (Å²) in [6.45, 7) is 9.04. The van der Waals surface area contributed by atoms with Crippen LogP contribution in [-0.2, 0) is 0 Å². The Hall–Kier alpha value is -1.55. The number of nitrogens with one attached hydrogen (secondary N) is 2. The summed E-state index contributed by atoms with van der Waals surface area (Å²) in [5, 5.41) is 5.67. The van der Waals surface area contributed by atoms with Crippen molar-refractivity contribution in [1.82, 2.24) is 5.32 Å². The molecular formula is C15H25N3O. The number of benzene rings is 1. The molecule has 4 nitrogen and oxygen atoms in total. The van der Waals surface area contributed by atoms with Crippen LogP contribution >= 0.6 is 0 Å². The lowest BCUT2D eigenvalue weighted by Gasteiger charge is -2.18. The number of carbonyl (C=O) groups excluding carboxylic acids is 1. The fraction of sp³-hybridized carbons (Fsp3) is 0.533. The third kappa shape index (κ3) is 6.25. The minimum Gasteiger partial charge on any atom is -0.338 e. The highest BCUT2D eigenvalue weighted by molar-refractivity contribution is 5.89. The highest BCUT2D eigenvalue weighted by atomic mass is 16.2. The molecule has 0 saturated heterocycles. The largest absolute Gasteiger partial charge is 0.338 e. The molecule has 0 aromatic heterocycles. The van der Waals surface area contributed by atoms with Crippen LogP contribution in [0.4, 0.5) is 10.5 Å². The van der Waals surface area contributed by atoms with Gasteiger partial charge in [0.1, 0.15) is 0 Å². The Kier molecular flexibility index (Phi) is 5.36.